The van der Waals surface area contributed by atoms with Gasteiger partial charge in [-0.25, -0.2) is 18.4 Å². The third-order valence-electron chi connectivity index (χ3n) is 5.68. The van der Waals surface area contributed by atoms with Gasteiger partial charge in [0, 0.05) is 11.6 Å². The summed E-state index contributed by atoms with van der Waals surface area (Å²) in [5.41, 5.74) is 8.57. The Balaban J connectivity index is 1.67. The topological polar surface area (TPSA) is 81.7 Å². The summed E-state index contributed by atoms with van der Waals surface area (Å²) in [4.78, 5) is 9.33. The van der Waals surface area contributed by atoms with Crippen molar-refractivity contribution in [1.82, 2.24) is 19.7 Å². The van der Waals surface area contributed by atoms with Crippen LogP contribution in [-0.2, 0) is 0 Å². The fraction of sp³-hybridized carbons (Fsp3) is 0.261. The highest BCUT2D eigenvalue weighted by atomic mass is 19.1. The third-order valence-corrected chi connectivity index (χ3v) is 5.68. The van der Waals surface area contributed by atoms with E-state index in [2.05, 4.69) is 15.4 Å². The Morgan fingerprint density at radius 2 is 1.71 bits per heavy atom. The highest BCUT2D eigenvalue weighted by Gasteiger charge is 2.21. The first-order valence-electron chi connectivity index (χ1n) is 10.4. The molecule has 4 aromatic rings. The number of halogens is 2. The molecule has 1 fully saturated rings. The number of nitrogens with one attached hydrogen (secondary N) is 1. The Labute approximate surface area is 178 Å². The van der Waals surface area contributed by atoms with Gasteiger partial charge < -0.3 is 11.1 Å². The van der Waals surface area contributed by atoms with Crippen LogP contribution in [-0.4, -0.2) is 25.8 Å². The van der Waals surface area contributed by atoms with Crippen LogP contribution in [0.1, 0.15) is 32.1 Å². The molecule has 0 saturated heterocycles. The molecule has 0 spiro atoms. The summed E-state index contributed by atoms with van der Waals surface area (Å²) >= 11 is 0. The van der Waals surface area contributed by atoms with Crippen LogP contribution in [0.4, 0.5) is 20.5 Å². The molecule has 1 aliphatic rings. The van der Waals surface area contributed by atoms with E-state index in [4.69, 9.17) is 10.7 Å². The maximum absolute atomic E-state index is 13.8. The Hall–Kier alpha value is -3.55. The van der Waals surface area contributed by atoms with E-state index in [9.17, 15) is 8.78 Å². The lowest BCUT2D eigenvalue weighted by Gasteiger charge is -2.22. The second kappa shape index (κ2) is 7.94. The number of nitrogen functional groups attached to an aromatic ring is 1. The lowest BCUT2D eigenvalue weighted by molar-refractivity contribution is 0.461. The maximum Gasteiger partial charge on any atom is 0.225 e. The molecular formula is C23H22F2N6. The van der Waals surface area contributed by atoms with Crippen molar-refractivity contribution in [1.29, 1.82) is 0 Å². The van der Waals surface area contributed by atoms with E-state index < -0.39 is 0 Å². The van der Waals surface area contributed by atoms with Crippen LogP contribution < -0.4 is 11.1 Å². The number of hydrogen-bond acceptors (Lipinski definition) is 5. The van der Waals surface area contributed by atoms with Crippen molar-refractivity contribution in [2.75, 3.05) is 11.1 Å². The largest absolute Gasteiger partial charge is 0.383 e. The van der Waals surface area contributed by atoms with Gasteiger partial charge >= 0.3 is 0 Å². The van der Waals surface area contributed by atoms with Crippen molar-refractivity contribution in [2.45, 2.75) is 38.1 Å². The molecule has 5 rings (SSSR count). The molecule has 1 aliphatic carbocycles. The standard InChI is InChI=1S/C23H22F2N6/c24-15-11-9-14(10-12-15)20-19-21(26)31(18-8-4-5-16(25)13-18)30-22(19)29-23(28-20)27-17-6-2-1-3-7-17/h4-5,8-13,17H,1-3,6-7,26H2,(H,27,29,30). The van der Waals surface area contributed by atoms with Crippen molar-refractivity contribution in [3.63, 3.8) is 0 Å². The zero-order valence-corrected chi connectivity index (χ0v) is 16.9. The molecule has 8 heteroatoms. The molecular weight excluding hydrogens is 398 g/mol. The van der Waals surface area contributed by atoms with Crippen LogP contribution in [0, 0.1) is 11.6 Å². The molecule has 2 aromatic carbocycles. The minimum absolute atomic E-state index is 0.296. The van der Waals surface area contributed by atoms with Gasteiger partial charge in [-0.2, -0.15) is 4.98 Å². The van der Waals surface area contributed by atoms with Gasteiger partial charge in [-0.05, 0) is 55.3 Å². The Kier molecular flexibility index (Phi) is 4.97. The average molecular weight is 420 g/mol. The van der Waals surface area contributed by atoms with E-state index in [1.165, 1.54) is 48.2 Å². The molecule has 1 saturated carbocycles. The predicted octanol–water partition coefficient (Wildman–Crippen LogP) is 5.09. The van der Waals surface area contributed by atoms with Crippen LogP contribution in [0.3, 0.4) is 0 Å². The predicted molar refractivity (Wildman–Crippen MR) is 117 cm³/mol. The molecule has 0 radical (unpaired) electrons. The highest BCUT2D eigenvalue weighted by Crippen LogP contribution is 2.33. The molecule has 31 heavy (non-hydrogen) atoms. The van der Waals surface area contributed by atoms with Crippen LogP contribution >= 0.6 is 0 Å². The fourth-order valence-electron chi connectivity index (χ4n) is 4.13. The lowest BCUT2D eigenvalue weighted by Crippen LogP contribution is -2.23. The summed E-state index contributed by atoms with van der Waals surface area (Å²) in [6, 6.07) is 12.4. The van der Waals surface area contributed by atoms with Gasteiger partial charge in [0.25, 0.3) is 0 Å². The summed E-state index contributed by atoms with van der Waals surface area (Å²) in [5, 5.41) is 8.51. The first kappa shape index (κ1) is 19.4. The van der Waals surface area contributed by atoms with E-state index in [1.807, 2.05) is 0 Å². The Bertz CT molecular complexity index is 1230. The van der Waals surface area contributed by atoms with E-state index >= 15 is 0 Å². The molecule has 2 heterocycles. The summed E-state index contributed by atoms with van der Waals surface area (Å²) in [6.07, 6.45) is 5.71. The zero-order chi connectivity index (χ0) is 21.4. The van der Waals surface area contributed by atoms with Crippen LogP contribution in [0.2, 0.25) is 0 Å². The average Bonchev–Trinajstić information content (AvgIpc) is 3.11. The van der Waals surface area contributed by atoms with Crippen LogP contribution in [0.25, 0.3) is 28.0 Å². The summed E-state index contributed by atoms with van der Waals surface area (Å²) in [5.74, 6) is 0.0331. The number of hydrogen-bond donors (Lipinski definition) is 2. The number of fused-ring (bicyclic) bond motifs is 1. The quantitative estimate of drug-likeness (QED) is 0.481. The number of nitrogens with zero attached hydrogens (tertiary/aromatic N) is 4. The Morgan fingerprint density at radius 1 is 0.935 bits per heavy atom. The second-order valence-corrected chi connectivity index (χ2v) is 7.86. The molecule has 0 amide bonds. The van der Waals surface area contributed by atoms with Crippen molar-refractivity contribution < 1.29 is 8.78 Å². The number of benzene rings is 2. The number of aromatic nitrogens is 4. The molecule has 0 aliphatic heterocycles. The highest BCUT2D eigenvalue weighted by molar-refractivity contribution is 5.99. The fourth-order valence-corrected chi connectivity index (χ4v) is 4.13. The van der Waals surface area contributed by atoms with Crippen molar-refractivity contribution in [3.05, 3.63) is 60.2 Å². The van der Waals surface area contributed by atoms with E-state index in [0.717, 1.165) is 12.8 Å². The summed E-state index contributed by atoms with van der Waals surface area (Å²) in [7, 11) is 0. The smallest absolute Gasteiger partial charge is 0.225 e. The van der Waals surface area contributed by atoms with Crippen LogP contribution in [0.5, 0.6) is 0 Å². The van der Waals surface area contributed by atoms with Crippen molar-refractivity contribution in [3.8, 4) is 16.9 Å². The lowest BCUT2D eigenvalue weighted by atomic mass is 9.96. The van der Waals surface area contributed by atoms with E-state index in [1.54, 1.807) is 24.3 Å². The normalized spacial score (nSPS) is 14.8. The van der Waals surface area contributed by atoms with Crippen LogP contribution in [0.15, 0.2) is 48.5 Å². The van der Waals surface area contributed by atoms with Gasteiger partial charge in [-0.3, -0.25) is 0 Å². The van der Waals surface area contributed by atoms with Gasteiger partial charge in [0.15, 0.2) is 5.65 Å². The molecule has 6 nitrogen and oxygen atoms in total. The van der Waals surface area contributed by atoms with Gasteiger partial charge in [0.1, 0.15) is 17.5 Å². The first-order chi connectivity index (χ1) is 15.1. The van der Waals surface area contributed by atoms with Gasteiger partial charge in [-0.1, -0.05) is 25.3 Å². The maximum atomic E-state index is 13.8. The first-order valence-corrected chi connectivity index (χ1v) is 10.4. The SMILES string of the molecule is Nc1c2c(-c3ccc(F)cc3)nc(NC3CCCCC3)nc2nn1-c1cccc(F)c1. The second-order valence-electron chi connectivity index (χ2n) is 7.86. The molecule has 158 valence electrons. The number of rotatable bonds is 4. The van der Waals surface area contributed by atoms with Gasteiger partial charge in [-0.15, -0.1) is 5.10 Å². The minimum atomic E-state index is -0.388. The van der Waals surface area contributed by atoms with E-state index in [-0.39, 0.29) is 11.6 Å². The third kappa shape index (κ3) is 3.81. The summed E-state index contributed by atoms with van der Waals surface area (Å²) < 4.78 is 28.8. The van der Waals surface area contributed by atoms with Gasteiger partial charge in [0.05, 0.1) is 16.8 Å². The van der Waals surface area contributed by atoms with Crippen molar-refractivity contribution >= 4 is 22.8 Å². The Morgan fingerprint density at radius 3 is 2.45 bits per heavy atom. The van der Waals surface area contributed by atoms with E-state index in [0.29, 0.717) is 45.8 Å². The molecule has 0 atom stereocenters. The molecule has 0 bridgehead atoms. The molecule has 2 aromatic heterocycles. The van der Waals surface area contributed by atoms with Crippen molar-refractivity contribution in [2.24, 2.45) is 0 Å². The zero-order valence-electron chi connectivity index (χ0n) is 16.9. The molecule has 3 N–H and O–H groups in total. The number of anilines is 2. The minimum Gasteiger partial charge on any atom is -0.383 e. The monoisotopic (exact) mass is 420 g/mol. The van der Waals surface area contributed by atoms with Gasteiger partial charge in [0.2, 0.25) is 5.95 Å². The molecule has 0 unspecified atom stereocenters. The summed E-state index contributed by atoms with van der Waals surface area (Å²) in [6.45, 7) is 0. The number of nitrogens with two attached hydrogens (primary N) is 1.